The lowest BCUT2D eigenvalue weighted by molar-refractivity contribution is 0.0377. The molecule has 7 heteroatoms. The fraction of sp³-hybridized carbons (Fsp3) is 0.435. The van der Waals surface area contributed by atoms with E-state index in [9.17, 15) is 13.2 Å². The molecule has 0 atom stereocenters. The molecule has 1 heterocycles. The van der Waals surface area contributed by atoms with Crippen molar-refractivity contribution in [2.75, 3.05) is 22.7 Å². The topological polar surface area (TPSA) is 75.7 Å². The van der Waals surface area contributed by atoms with E-state index in [0.29, 0.717) is 11.4 Å². The fourth-order valence-corrected chi connectivity index (χ4v) is 4.85. The molecule has 1 fully saturated rings. The maximum Gasteiger partial charge on any atom is 0.338 e. The smallest absolute Gasteiger partial charge is 0.338 e. The minimum atomic E-state index is -3.90. The van der Waals surface area contributed by atoms with Crippen molar-refractivity contribution in [2.45, 2.75) is 57.5 Å². The van der Waals surface area contributed by atoms with Crippen LogP contribution >= 0.6 is 0 Å². The van der Waals surface area contributed by atoms with Crippen LogP contribution in [-0.2, 0) is 14.8 Å². The number of hydrogen-bond acceptors (Lipinski definition) is 5. The van der Waals surface area contributed by atoms with E-state index in [2.05, 4.69) is 9.62 Å². The van der Waals surface area contributed by atoms with Gasteiger partial charge in [-0.25, -0.2) is 13.2 Å². The number of sulfonamides is 1. The molecule has 0 spiro atoms. The summed E-state index contributed by atoms with van der Waals surface area (Å²) in [6.45, 7) is 7.06. The molecule has 1 aliphatic rings. The van der Waals surface area contributed by atoms with Crippen LogP contribution in [-0.4, -0.2) is 33.6 Å². The molecule has 2 aromatic rings. The first-order chi connectivity index (χ1) is 14.3. The number of ether oxygens (including phenoxy) is 1. The molecule has 0 unspecified atom stereocenters. The number of aryl methyl sites for hydroxylation is 1. The molecule has 1 N–H and O–H groups in total. The molecule has 0 aromatic heterocycles. The van der Waals surface area contributed by atoms with Gasteiger partial charge >= 0.3 is 5.97 Å². The molecule has 1 aliphatic heterocycles. The Morgan fingerprint density at radius 3 is 2.23 bits per heavy atom. The van der Waals surface area contributed by atoms with Gasteiger partial charge in [-0.15, -0.1) is 0 Å². The highest BCUT2D eigenvalue weighted by molar-refractivity contribution is 7.92. The highest BCUT2D eigenvalue weighted by atomic mass is 32.2. The molecular formula is C23H30N2O4S. The number of esters is 1. The average Bonchev–Trinajstić information content (AvgIpc) is 2.98. The summed E-state index contributed by atoms with van der Waals surface area (Å²) in [5, 5.41) is 0. The first-order valence-electron chi connectivity index (χ1n) is 10.5. The monoisotopic (exact) mass is 430 g/mol. The summed E-state index contributed by atoms with van der Waals surface area (Å²) < 4.78 is 34.6. The Labute approximate surface area is 179 Å². The van der Waals surface area contributed by atoms with E-state index in [0.717, 1.165) is 44.3 Å². The van der Waals surface area contributed by atoms with Gasteiger partial charge in [0.05, 0.1) is 17.4 Å². The van der Waals surface area contributed by atoms with E-state index < -0.39 is 16.0 Å². The Balaban J connectivity index is 2.02. The zero-order valence-corrected chi connectivity index (χ0v) is 18.7. The molecule has 0 saturated carbocycles. The van der Waals surface area contributed by atoms with Crippen molar-refractivity contribution in [2.24, 2.45) is 0 Å². The van der Waals surface area contributed by atoms with Gasteiger partial charge in [0.2, 0.25) is 0 Å². The Morgan fingerprint density at radius 1 is 1.00 bits per heavy atom. The number of hydrogen-bond donors (Lipinski definition) is 1. The zero-order chi connectivity index (χ0) is 21.7. The van der Waals surface area contributed by atoms with E-state index in [4.69, 9.17) is 4.74 Å². The number of carbonyl (C=O) groups is 1. The summed E-state index contributed by atoms with van der Waals surface area (Å²) in [7, 11) is -3.90. The summed E-state index contributed by atoms with van der Waals surface area (Å²) in [4.78, 5) is 14.6. The molecular weight excluding hydrogens is 400 g/mol. The summed E-state index contributed by atoms with van der Waals surface area (Å²) in [6, 6.07) is 12.0. The third-order valence-electron chi connectivity index (χ3n) is 5.08. The van der Waals surface area contributed by atoms with Gasteiger partial charge in [-0.2, -0.15) is 0 Å². The third kappa shape index (κ3) is 5.53. The fourth-order valence-electron chi connectivity index (χ4n) is 3.54. The van der Waals surface area contributed by atoms with Crippen molar-refractivity contribution in [3.05, 3.63) is 53.6 Å². The summed E-state index contributed by atoms with van der Waals surface area (Å²) in [5.41, 5.74) is 2.38. The van der Waals surface area contributed by atoms with Crippen molar-refractivity contribution < 1.29 is 17.9 Å². The van der Waals surface area contributed by atoms with Gasteiger partial charge in [0.15, 0.2) is 0 Å². The minimum Gasteiger partial charge on any atom is -0.459 e. The standard InChI is InChI=1S/C23H30N2O4S/c1-17(2)29-23(26)19-10-13-21(25-14-6-4-5-7-15-25)22(16-19)30(27,28)24-20-11-8-18(3)9-12-20/h8-13,16-17,24H,4-7,14-15H2,1-3H3. The Kier molecular flexibility index (Phi) is 7.02. The van der Waals surface area contributed by atoms with Crippen LogP contribution in [0.5, 0.6) is 0 Å². The predicted octanol–water partition coefficient (Wildman–Crippen LogP) is 4.74. The first-order valence-corrected chi connectivity index (χ1v) is 11.9. The molecule has 0 radical (unpaired) electrons. The predicted molar refractivity (Wildman–Crippen MR) is 120 cm³/mol. The molecule has 162 valence electrons. The van der Waals surface area contributed by atoms with E-state index in [-0.39, 0.29) is 16.6 Å². The van der Waals surface area contributed by atoms with Gasteiger partial charge < -0.3 is 9.64 Å². The highest BCUT2D eigenvalue weighted by Gasteiger charge is 2.25. The van der Waals surface area contributed by atoms with Crippen LogP contribution in [0.3, 0.4) is 0 Å². The first kappa shape index (κ1) is 22.2. The van der Waals surface area contributed by atoms with Crippen molar-refractivity contribution in [1.82, 2.24) is 0 Å². The van der Waals surface area contributed by atoms with Gasteiger partial charge in [0.1, 0.15) is 4.90 Å². The number of carbonyl (C=O) groups excluding carboxylic acids is 1. The Hall–Kier alpha value is -2.54. The second-order valence-corrected chi connectivity index (χ2v) is 9.66. The van der Waals surface area contributed by atoms with Crippen molar-refractivity contribution in [1.29, 1.82) is 0 Å². The van der Waals surface area contributed by atoms with Crippen LogP contribution in [0, 0.1) is 6.92 Å². The molecule has 2 aromatic carbocycles. The van der Waals surface area contributed by atoms with Crippen molar-refractivity contribution in [3.63, 3.8) is 0 Å². The maximum atomic E-state index is 13.3. The maximum absolute atomic E-state index is 13.3. The molecule has 3 rings (SSSR count). The highest BCUT2D eigenvalue weighted by Crippen LogP contribution is 2.30. The molecule has 0 bridgehead atoms. The summed E-state index contributed by atoms with van der Waals surface area (Å²) >= 11 is 0. The Bertz CT molecular complexity index is 977. The number of anilines is 2. The number of benzene rings is 2. The summed E-state index contributed by atoms with van der Waals surface area (Å²) in [6.07, 6.45) is 4.02. The van der Waals surface area contributed by atoms with E-state index in [1.807, 2.05) is 19.1 Å². The molecule has 30 heavy (non-hydrogen) atoms. The lowest BCUT2D eigenvalue weighted by atomic mass is 10.2. The summed E-state index contributed by atoms with van der Waals surface area (Å²) in [5.74, 6) is -0.529. The van der Waals surface area contributed by atoms with Gasteiger partial charge in [-0.05, 0) is 63.9 Å². The largest absolute Gasteiger partial charge is 0.459 e. The number of nitrogens with zero attached hydrogens (tertiary/aromatic N) is 1. The molecule has 6 nitrogen and oxygen atoms in total. The second-order valence-electron chi connectivity index (χ2n) is 8.01. The van der Waals surface area contributed by atoms with Crippen LogP contribution in [0.2, 0.25) is 0 Å². The SMILES string of the molecule is Cc1ccc(NS(=O)(=O)c2cc(C(=O)OC(C)C)ccc2N2CCCCCC2)cc1. The van der Waals surface area contributed by atoms with Gasteiger partial charge in [-0.1, -0.05) is 30.5 Å². The van der Waals surface area contributed by atoms with Gasteiger partial charge in [0, 0.05) is 18.8 Å². The molecule has 0 amide bonds. The van der Waals surface area contributed by atoms with E-state index in [1.165, 1.54) is 6.07 Å². The molecule has 1 saturated heterocycles. The number of rotatable bonds is 6. The van der Waals surface area contributed by atoms with Crippen molar-refractivity contribution in [3.8, 4) is 0 Å². The number of nitrogens with one attached hydrogen (secondary N) is 1. The van der Waals surface area contributed by atoms with E-state index >= 15 is 0 Å². The third-order valence-corrected chi connectivity index (χ3v) is 6.49. The van der Waals surface area contributed by atoms with Crippen LogP contribution in [0.1, 0.15) is 55.5 Å². The normalized spacial score (nSPS) is 15.0. The van der Waals surface area contributed by atoms with Crippen LogP contribution in [0.4, 0.5) is 11.4 Å². The minimum absolute atomic E-state index is 0.100. The van der Waals surface area contributed by atoms with E-state index in [1.54, 1.807) is 38.1 Å². The van der Waals surface area contributed by atoms with Gasteiger partial charge in [0.25, 0.3) is 10.0 Å². The lowest BCUT2D eigenvalue weighted by Gasteiger charge is -2.26. The van der Waals surface area contributed by atoms with Crippen LogP contribution in [0.15, 0.2) is 47.4 Å². The van der Waals surface area contributed by atoms with Crippen LogP contribution in [0.25, 0.3) is 0 Å². The lowest BCUT2D eigenvalue weighted by Crippen LogP contribution is -2.27. The average molecular weight is 431 g/mol. The van der Waals surface area contributed by atoms with Crippen LogP contribution < -0.4 is 9.62 Å². The van der Waals surface area contributed by atoms with Crippen molar-refractivity contribution >= 4 is 27.4 Å². The van der Waals surface area contributed by atoms with Gasteiger partial charge in [-0.3, -0.25) is 4.72 Å². The Morgan fingerprint density at radius 2 is 1.63 bits per heavy atom. The zero-order valence-electron chi connectivity index (χ0n) is 17.8. The molecule has 0 aliphatic carbocycles. The second kappa shape index (κ2) is 9.51. The quantitative estimate of drug-likeness (QED) is 0.670.